The summed E-state index contributed by atoms with van der Waals surface area (Å²) in [4.78, 5) is 14.5. The lowest BCUT2D eigenvalue weighted by molar-refractivity contribution is -0.120. The maximum atomic E-state index is 12.3. The zero-order valence-corrected chi connectivity index (χ0v) is 14.8. The Bertz CT molecular complexity index is 932. The van der Waals surface area contributed by atoms with E-state index in [9.17, 15) is 13.2 Å². The molecule has 1 amide bonds. The van der Waals surface area contributed by atoms with Crippen LogP contribution < -0.4 is 5.32 Å². The van der Waals surface area contributed by atoms with Crippen molar-refractivity contribution in [2.45, 2.75) is 17.7 Å². The molecule has 2 aromatic rings. The van der Waals surface area contributed by atoms with E-state index in [4.69, 9.17) is 0 Å². The molecule has 3 heterocycles. The van der Waals surface area contributed by atoms with Gasteiger partial charge >= 0.3 is 0 Å². The predicted octanol–water partition coefficient (Wildman–Crippen LogP) is 1.34. The van der Waals surface area contributed by atoms with E-state index in [0.29, 0.717) is 42.5 Å². The van der Waals surface area contributed by atoms with E-state index in [1.165, 1.54) is 11.3 Å². The summed E-state index contributed by atoms with van der Waals surface area (Å²) in [7, 11) is -3.62. The number of aromatic nitrogens is 2. The molecular weight excluding hydrogens is 362 g/mol. The van der Waals surface area contributed by atoms with Gasteiger partial charge < -0.3 is 10.2 Å². The number of fused-ring (bicyclic) bond motifs is 1. The topological polar surface area (TPSA) is 105 Å². The summed E-state index contributed by atoms with van der Waals surface area (Å²) < 4.78 is 28.3. The van der Waals surface area contributed by atoms with Gasteiger partial charge in [0.25, 0.3) is 10.0 Å². The van der Waals surface area contributed by atoms with Crippen molar-refractivity contribution in [3.63, 3.8) is 0 Å². The first-order chi connectivity index (χ1) is 12.0. The third kappa shape index (κ3) is 3.02. The lowest BCUT2D eigenvalue weighted by Gasteiger charge is -2.32. The molecule has 0 bridgehead atoms. The number of rotatable bonds is 2. The largest absolute Gasteiger partial charge is 0.355 e. The molecule has 2 aliphatic heterocycles. The molecule has 0 unspecified atom stereocenters. The zero-order chi connectivity index (χ0) is 17.4. The third-order valence-electron chi connectivity index (χ3n) is 4.37. The minimum absolute atomic E-state index is 0.0715. The number of piperidine rings is 1. The van der Waals surface area contributed by atoms with E-state index in [0.717, 1.165) is 0 Å². The number of carbonyl (C=O) groups is 1. The van der Waals surface area contributed by atoms with Crippen molar-refractivity contribution in [3.05, 3.63) is 35.3 Å². The summed E-state index contributed by atoms with van der Waals surface area (Å²) >= 11 is 1.28. The second kappa shape index (κ2) is 6.19. The molecule has 25 heavy (non-hydrogen) atoms. The minimum atomic E-state index is -3.62. The van der Waals surface area contributed by atoms with Crippen LogP contribution in [0.25, 0.3) is 0 Å². The summed E-state index contributed by atoms with van der Waals surface area (Å²) in [6, 6.07) is 6.84. The standard InChI is InChI=1S/C15H15N5O3S2/c21-14(17-15-18-16-9-24-15)10-5-7-20(8-6-10)13-11-3-1-2-4-12(11)25(22,23)19-13/h1-4,9-10H,5-8H2,(H,17,18,21). The molecule has 0 radical (unpaired) electrons. The van der Waals surface area contributed by atoms with Crippen molar-refractivity contribution in [1.29, 1.82) is 0 Å². The lowest BCUT2D eigenvalue weighted by Crippen LogP contribution is -2.41. The number of sulfonamides is 1. The van der Waals surface area contributed by atoms with Crippen LogP contribution in [0.15, 0.2) is 39.1 Å². The monoisotopic (exact) mass is 377 g/mol. The summed E-state index contributed by atoms with van der Waals surface area (Å²) in [6.07, 6.45) is 1.26. The number of benzene rings is 1. The van der Waals surface area contributed by atoms with E-state index in [-0.39, 0.29) is 16.7 Å². The Balaban J connectivity index is 1.45. The van der Waals surface area contributed by atoms with Gasteiger partial charge in [0.1, 0.15) is 10.4 Å². The summed E-state index contributed by atoms with van der Waals surface area (Å²) in [6.45, 7) is 1.16. The fourth-order valence-corrected chi connectivity index (χ4v) is 4.78. The van der Waals surface area contributed by atoms with Crippen molar-refractivity contribution < 1.29 is 13.2 Å². The minimum Gasteiger partial charge on any atom is -0.355 e. The van der Waals surface area contributed by atoms with Gasteiger partial charge in [-0.05, 0) is 25.0 Å². The number of hydrogen-bond acceptors (Lipinski definition) is 7. The molecule has 1 N–H and O–H groups in total. The van der Waals surface area contributed by atoms with Crippen LogP contribution in [-0.2, 0) is 14.8 Å². The summed E-state index contributed by atoms with van der Waals surface area (Å²) in [5.41, 5.74) is 2.20. The fraction of sp³-hybridized carbons (Fsp3) is 0.333. The van der Waals surface area contributed by atoms with Gasteiger partial charge in [0.05, 0.1) is 0 Å². The second-order valence-electron chi connectivity index (χ2n) is 5.88. The molecule has 8 nitrogen and oxygen atoms in total. The average molecular weight is 377 g/mol. The number of anilines is 1. The Morgan fingerprint density at radius 1 is 1.24 bits per heavy atom. The van der Waals surface area contributed by atoms with Gasteiger partial charge in [0.2, 0.25) is 11.0 Å². The Labute approximate surface area is 148 Å². The molecular formula is C15H15N5O3S2. The number of hydrogen-bond donors (Lipinski definition) is 1. The molecule has 2 aliphatic rings. The van der Waals surface area contributed by atoms with Gasteiger partial charge in [-0.1, -0.05) is 23.5 Å². The second-order valence-corrected chi connectivity index (χ2v) is 8.29. The van der Waals surface area contributed by atoms with Crippen LogP contribution in [0.4, 0.5) is 5.13 Å². The Hall–Kier alpha value is -2.33. The van der Waals surface area contributed by atoms with Gasteiger partial charge in [-0.15, -0.1) is 14.6 Å². The number of nitrogens with zero attached hydrogens (tertiary/aromatic N) is 4. The Kier molecular flexibility index (Phi) is 4.00. The Morgan fingerprint density at radius 3 is 2.72 bits per heavy atom. The average Bonchev–Trinajstić information content (AvgIpc) is 3.22. The molecule has 0 saturated carbocycles. The first-order valence-electron chi connectivity index (χ1n) is 7.81. The van der Waals surface area contributed by atoms with Gasteiger partial charge in [-0.25, -0.2) is 0 Å². The lowest BCUT2D eigenvalue weighted by atomic mass is 9.95. The number of carbonyl (C=O) groups excluding carboxylic acids is 1. The first-order valence-corrected chi connectivity index (χ1v) is 10.1. The normalized spacial score (nSPS) is 19.4. The number of amides is 1. The fourth-order valence-electron chi connectivity index (χ4n) is 3.11. The maximum absolute atomic E-state index is 12.3. The van der Waals surface area contributed by atoms with Crippen molar-refractivity contribution in [2.75, 3.05) is 18.4 Å². The van der Waals surface area contributed by atoms with E-state index >= 15 is 0 Å². The van der Waals surface area contributed by atoms with Crippen molar-refractivity contribution >= 4 is 38.2 Å². The van der Waals surface area contributed by atoms with Crippen molar-refractivity contribution in [2.24, 2.45) is 10.3 Å². The molecule has 1 saturated heterocycles. The molecule has 4 rings (SSSR count). The molecule has 0 spiro atoms. The summed E-state index contributed by atoms with van der Waals surface area (Å²) in [5, 5.41) is 10.8. The molecule has 0 aliphatic carbocycles. The van der Waals surface area contributed by atoms with E-state index in [2.05, 4.69) is 19.9 Å². The highest BCUT2D eigenvalue weighted by molar-refractivity contribution is 7.90. The van der Waals surface area contributed by atoms with Gasteiger partial charge in [-0.2, -0.15) is 8.42 Å². The number of amidine groups is 1. The highest BCUT2D eigenvalue weighted by atomic mass is 32.2. The van der Waals surface area contributed by atoms with E-state index in [1.807, 2.05) is 4.90 Å². The molecule has 1 fully saturated rings. The summed E-state index contributed by atoms with van der Waals surface area (Å²) in [5.74, 6) is 0.283. The van der Waals surface area contributed by atoms with Crippen LogP contribution in [0.5, 0.6) is 0 Å². The van der Waals surface area contributed by atoms with Gasteiger partial charge in [0, 0.05) is 24.6 Å². The van der Waals surface area contributed by atoms with Crippen molar-refractivity contribution in [1.82, 2.24) is 15.1 Å². The molecule has 130 valence electrons. The van der Waals surface area contributed by atoms with Crippen LogP contribution in [-0.4, -0.2) is 48.3 Å². The number of nitrogens with one attached hydrogen (secondary N) is 1. The van der Waals surface area contributed by atoms with E-state index in [1.54, 1.807) is 29.8 Å². The smallest absolute Gasteiger partial charge is 0.285 e. The highest BCUT2D eigenvalue weighted by Crippen LogP contribution is 2.30. The third-order valence-corrected chi connectivity index (χ3v) is 6.30. The van der Waals surface area contributed by atoms with Crippen LogP contribution in [0, 0.1) is 5.92 Å². The highest BCUT2D eigenvalue weighted by Gasteiger charge is 2.34. The van der Waals surface area contributed by atoms with E-state index < -0.39 is 10.0 Å². The van der Waals surface area contributed by atoms with Gasteiger partial charge in [0.15, 0.2) is 5.84 Å². The maximum Gasteiger partial charge on any atom is 0.285 e. The first kappa shape index (κ1) is 16.2. The Morgan fingerprint density at radius 2 is 2.00 bits per heavy atom. The SMILES string of the molecule is O=C(Nc1nncs1)C1CCN(C2=NS(=O)(=O)c3ccccc32)CC1. The predicted molar refractivity (Wildman–Crippen MR) is 93.0 cm³/mol. The van der Waals surface area contributed by atoms with Crippen LogP contribution in [0.3, 0.4) is 0 Å². The zero-order valence-electron chi connectivity index (χ0n) is 13.1. The molecule has 1 aromatic carbocycles. The molecule has 0 atom stereocenters. The number of likely N-dealkylation sites (tertiary alicyclic amines) is 1. The quantitative estimate of drug-likeness (QED) is 0.847. The van der Waals surface area contributed by atoms with Crippen LogP contribution in [0.1, 0.15) is 18.4 Å². The molecule has 10 heteroatoms. The van der Waals surface area contributed by atoms with Crippen molar-refractivity contribution in [3.8, 4) is 0 Å². The molecule has 1 aromatic heterocycles. The van der Waals surface area contributed by atoms with Gasteiger partial charge in [-0.3, -0.25) is 4.79 Å². The van der Waals surface area contributed by atoms with Crippen LogP contribution >= 0.6 is 11.3 Å². The van der Waals surface area contributed by atoms with Crippen LogP contribution in [0.2, 0.25) is 0 Å².